The molecule has 1 aromatic rings. The summed E-state index contributed by atoms with van der Waals surface area (Å²) < 4.78 is 5.14. The lowest BCUT2D eigenvalue weighted by atomic mass is 9.95. The van der Waals surface area contributed by atoms with Gasteiger partial charge in [0.15, 0.2) is 0 Å². The molecule has 2 atom stereocenters. The van der Waals surface area contributed by atoms with Gasteiger partial charge in [0.05, 0.1) is 18.7 Å². The largest absolute Gasteiger partial charge is 0.497 e. The van der Waals surface area contributed by atoms with Crippen LogP contribution < -0.4 is 15.8 Å². The Bertz CT molecular complexity index is 427. The number of rotatable bonds is 7. The van der Waals surface area contributed by atoms with Crippen LogP contribution >= 0.6 is 0 Å². The first-order chi connectivity index (χ1) is 9.44. The molecule has 0 aliphatic carbocycles. The second-order valence-corrected chi connectivity index (χ2v) is 5.37. The summed E-state index contributed by atoms with van der Waals surface area (Å²) in [5.41, 5.74) is 6.32. The number of hydrogen-bond donors (Lipinski definition) is 2. The van der Waals surface area contributed by atoms with Gasteiger partial charge in [-0.1, -0.05) is 32.4 Å². The number of nitrogens with two attached hydrogens (primary N) is 1. The van der Waals surface area contributed by atoms with E-state index < -0.39 is 5.54 Å². The van der Waals surface area contributed by atoms with Crippen molar-refractivity contribution in [2.24, 2.45) is 5.73 Å². The molecule has 0 radical (unpaired) electrons. The van der Waals surface area contributed by atoms with E-state index in [2.05, 4.69) is 5.32 Å². The summed E-state index contributed by atoms with van der Waals surface area (Å²) in [7, 11) is 1.64. The standard InChI is InChI=1S/C16H26N2O2/c1-5-11-16(3,17)15(19)18-14(6-2)12-7-9-13(20-4)10-8-12/h7-10,14H,5-6,11,17H2,1-4H3,(H,18,19). The van der Waals surface area contributed by atoms with Crippen LogP contribution in [-0.2, 0) is 4.79 Å². The van der Waals surface area contributed by atoms with Crippen LogP contribution in [0.25, 0.3) is 0 Å². The average molecular weight is 278 g/mol. The molecule has 20 heavy (non-hydrogen) atoms. The molecule has 0 heterocycles. The van der Waals surface area contributed by atoms with Crippen molar-refractivity contribution in [3.05, 3.63) is 29.8 Å². The Morgan fingerprint density at radius 1 is 1.35 bits per heavy atom. The minimum atomic E-state index is -0.811. The smallest absolute Gasteiger partial charge is 0.240 e. The number of hydrogen-bond acceptors (Lipinski definition) is 3. The molecule has 112 valence electrons. The summed E-state index contributed by atoms with van der Waals surface area (Å²) in [6.45, 7) is 5.86. The van der Waals surface area contributed by atoms with Crippen LogP contribution in [0.2, 0.25) is 0 Å². The summed E-state index contributed by atoms with van der Waals surface area (Å²) in [6, 6.07) is 7.73. The van der Waals surface area contributed by atoms with Gasteiger partial charge in [0, 0.05) is 0 Å². The Balaban J connectivity index is 2.78. The highest BCUT2D eigenvalue weighted by molar-refractivity contribution is 5.85. The van der Waals surface area contributed by atoms with Crippen LogP contribution in [-0.4, -0.2) is 18.6 Å². The van der Waals surface area contributed by atoms with E-state index >= 15 is 0 Å². The molecule has 0 aliphatic heterocycles. The lowest BCUT2D eigenvalue weighted by molar-refractivity contribution is -0.126. The SMILES string of the molecule is CCCC(C)(N)C(=O)NC(CC)c1ccc(OC)cc1. The van der Waals surface area contributed by atoms with E-state index in [4.69, 9.17) is 10.5 Å². The number of methoxy groups -OCH3 is 1. The Labute approximate surface area is 121 Å². The number of benzene rings is 1. The van der Waals surface area contributed by atoms with Gasteiger partial charge < -0.3 is 15.8 Å². The van der Waals surface area contributed by atoms with Crippen LogP contribution in [0.5, 0.6) is 5.75 Å². The van der Waals surface area contributed by atoms with Crippen molar-refractivity contribution in [3.8, 4) is 5.75 Å². The molecule has 1 amide bonds. The number of nitrogens with one attached hydrogen (secondary N) is 1. The van der Waals surface area contributed by atoms with Gasteiger partial charge >= 0.3 is 0 Å². The maximum absolute atomic E-state index is 12.3. The van der Waals surface area contributed by atoms with Crippen molar-refractivity contribution in [2.45, 2.75) is 51.6 Å². The van der Waals surface area contributed by atoms with E-state index in [0.717, 1.165) is 24.2 Å². The third kappa shape index (κ3) is 4.23. The second kappa shape index (κ2) is 7.29. The molecular formula is C16H26N2O2. The highest BCUT2D eigenvalue weighted by Crippen LogP contribution is 2.21. The molecule has 3 N–H and O–H groups in total. The summed E-state index contributed by atoms with van der Waals surface area (Å²) in [6.07, 6.45) is 2.39. The van der Waals surface area contributed by atoms with Crippen molar-refractivity contribution < 1.29 is 9.53 Å². The van der Waals surface area contributed by atoms with Crippen molar-refractivity contribution >= 4 is 5.91 Å². The maximum Gasteiger partial charge on any atom is 0.240 e. The molecular weight excluding hydrogens is 252 g/mol. The van der Waals surface area contributed by atoms with Crippen molar-refractivity contribution in [3.63, 3.8) is 0 Å². The Hall–Kier alpha value is -1.55. The zero-order valence-corrected chi connectivity index (χ0v) is 12.9. The molecule has 0 saturated heterocycles. The monoisotopic (exact) mass is 278 g/mol. The number of carbonyl (C=O) groups is 1. The topological polar surface area (TPSA) is 64.4 Å². The minimum absolute atomic E-state index is 0.0202. The van der Waals surface area contributed by atoms with E-state index in [1.165, 1.54) is 0 Å². The lowest BCUT2D eigenvalue weighted by Crippen LogP contribution is -2.52. The fraction of sp³-hybridized carbons (Fsp3) is 0.562. The summed E-state index contributed by atoms with van der Waals surface area (Å²) >= 11 is 0. The Kier molecular flexibility index (Phi) is 6.02. The summed E-state index contributed by atoms with van der Waals surface area (Å²) in [5, 5.41) is 3.04. The number of ether oxygens (including phenoxy) is 1. The van der Waals surface area contributed by atoms with Gasteiger partial charge in [0.2, 0.25) is 5.91 Å². The number of carbonyl (C=O) groups excluding carboxylic acids is 1. The van der Waals surface area contributed by atoms with E-state index in [1.807, 2.05) is 38.1 Å². The second-order valence-electron chi connectivity index (χ2n) is 5.37. The molecule has 0 saturated carbocycles. The zero-order valence-electron chi connectivity index (χ0n) is 12.9. The minimum Gasteiger partial charge on any atom is -0.497 e. The molecule has 2 unspecified atom stereocenters. The predicted molar refractivity (Wildman–Crippen MR) is 81.7 cm³/mol. The highest BCUT2D eigenvalue weighted by atomic mass is 16.5. The fourth-order valence-electron chi connectivity index (χ4n) is 2.21. The van der Waals surface area contributed by atoms with Crippen LogP contribution in [0.3, 0.4) is 0 Å². The molecule has 1 aromatic carbocycles. The van der Waals surface area contributed by atoms with Gasteiger partial charge in [0.25, 0.3) is 0 Å². The molecule has 0 bridgehead atoms. The quantitative estimate of drug-likeness (QED) is 0.806. The van der Waals surface area contributed by atoms with E-state index in [-0.39, 0.29) is 11.9 Å². The van der Waals surface area contributed by atoms with Crippen LogP contribution in [0.4, 0.5) is 0 Å². The zero-order chi connectivity index (χ0) is 15.2. The summed E-state index contributed by atoms with van der Waals surface area (Å²) in [5.74, 6) is 0.714. The average Bonchev–Trinajstić information content (AvgIpc) is 2.44. The van der Waals surface area contributed by atoms with Crippen LogP contribution in [0.1, 0.15) is 51.6 Å². The van der Waals surface area contributed by atoms with Gasteiger partial charge in [-0.2, -0.15) is 0 Å². The summed E-state index contributed by atoms with van der Waals surface area (Å²) in [4.78, 5) is 12.3. The molecule has 0 fully saturated rings. The first-order valence-corrected chi connectivity index (χ1v) is 7.18. The molecule has 4 heteroatoms. The lowest BCUT2D eigenvalue weighted by Gasteiger charge is -2.27. The molecule has 4 nitrogen and oxygen atoms in total. The van der Waals surface area contributed by atoms with E-state index in [9.17, 15) is 4.79 Å². The van der Waals surface area contributed by atoms with Gasteiger partial charge in [-0.05, 0) is 37.5 Å². The molecule has 1 rings (SSSR count). The fourth-order valence-corrected chi connectivity index (χ4v) is 2.21. The third-order valence-corrected chi connectivity index (χ3v) is 3.52. The van der Waals surface area contributed by atoms with Crippen molar-refractivity contribution in [1.29, 1.82) is 0 Å². The van der Waals surface area contributed by atoms with Gasteiger partial charge in [0.1, 0.15) is 5.75 Å². The van der Waals surface area contributed by atoms with Gasteiger partial charge in [-0.25, -0.2) is 0 Å². The van der Waals surface area contributed by atoms with Crippen LogP contribution in [0.15, 0.2) is 24.3 Å². The third-order valence-electron chi connectivity index (χ3n) is 3.52. The van der Waals surface area contributed by atoms with Crippen LogP contribution in [0, 0.1) is 0 Å². The van der Waals surface area contributed by atoms with Gasteiger partial charge in [-0.15, -0.1) is 0 Å². The van der Waals surface area contributed by atoms with Crippen molar-refractivity contribution in [1.82, 2.24) is 5.32 Å². The van der Waals surface area contributed by atoms with E-state index in [0.29, 0.717) is 6.42 Å². The molecule has 0 aliphatic rings. The highest BCUT2D eigenvalue weighted by Gasteiger charge is 2.28. The predicted octanol–water partition coefficient (Wildman–Crippen LogP) is 2.78. The number of amides is 1. The van der Waals surface area contributed by atoms with Gasteiger partial charge in [-0.3, -0.25) is 4.79 Å². The Morgan fingerprint density at radius 2 is 1.95 bits per heavy atom. The normalized spacial score (nSPS) is 15.2. The van der Waals surface area contributed by atoms with E-state index in [1.54, 1.807) is 14.0 Å². The molecule has 0 spiro atoms. The maximum atomic E-state index is 12.3. The first-order valence-electron chi connectivity index (χ1n) is 7.18. The van der Waals surface area contributed by atoms with Crippen molar-refractivity contribution in [2.75, 3.05) is 7.11 Å². The Morgan fingerprint density at radius 3 is 2.40 bits per heavy atom. The first kappa shape index (κ1) is 16.5. The molecule has 0 aromatic heterocycles.